The molecule has 0 fully saturated rings. The SMILES string of the molecule is CCCCCCc1ccc(-c2ccc(-c3ccc(CCCCC)c(F)c3F)cc2)cc1. The fourth-order valence-electron chi connectivity index (χ4n) is 4.03. The molecule has 3 aromatic rings. The van der Waals surface area contributed by atoms with E-state index in [0.717, 1.165) is 36.8 Å². The van der Waals surface area contributed by atoms with Gasteiger partial charge in [0.25, 0.3) is 0 Å². The Hall–Kier alpha value is -2.48. The van der Waals surface area contributed by atoms with Gasteiger partial charge in [-0.05, 0) is 53.5 Å². The molecule has 0 amide bonds. The first-order chi connectivity index (χ1) is 15.1. The van der Waals surface area contributed by atoms with Gasteiger partial charge in [-0.1, -0.05) is 107 Å². The predicted octanol–water partition coefficient (Wildman–Crippen LogP) is 9.15. The minimum absolute atomic E-state index is 0.325. The van der Waals surface area contributed by atoms with Crippen LogP contribution in [0.2, 0.25) is 0 Å². The molecule has 0 spiro atoms. The molecule has 0 nitrogen and oxygen atoms in total. The Kier molecular flexibility index (Phi) is 8.82. The van der Waals surface area contributed by atoms with Crippen molar-refractivity contribution in [3.05, 3.63) is 83.4 Å². The van der Waals surface area contributed by atoms with Gasteiger partial charge in [-0.15, -0.1) is 0 Å². The van der Waals surface area contributed by atoms with Crippen molar-refractivity contribution in [3.8, 4) is 22.3 Å². The second-order valence-corrected chi connectivity index (χ2v) is 8.44. The zero-order chi connectivity index (χ0) is 22.1. The third-order valence-corrected chi connectivity index (χ3v) is 6.01. The summed E-state index contributed by atoms with van der Waals surface area (Å²) < 4.78 is 29.2. The van der Waals surface area contributed by atoms with E-state index in [2.05, 4.69) is 38.1 Å². The quantitative estimate of drug-likeness (QED) is 0.271. The molecule has 31 heavy (non-hydrogen) atoms. The maximum atomic E-state index is 14.7. The number of hydrogen-bond donors (Lipinski definition) is 0. The lowest BCUT2D eigenvalue weighted by molar-refractivity contribution is 0.498. The topological polar surface area (TPSA) is 0 Å². The summed E-state index contributed by atoms with van der Waals surface area (Å²) in [4.78, 5) is 0. The lowest BCUT2D eigenvalue weighted by atomic mass is 9.97. The number of unbranched alkanes of at least 4 members (excludes halogenated alkanes) is 5. The molecule has 0 saturated carbocycles. The van der Waals surface area contributed by atoms with E-state index in [4.69, 9.17) is 0 Å². The highest BCUT2D eigenvalue weighted by molar-refractivity contribution is 5.71. The highest BCUT2D eigenvalue weighted by Gasteiger charge is 2.14. The molecule has 0 unspecified atom stereocenters. The molecule has 3 rings (SSSR count). The van der Waals surface area contributed by atoms with E-state index < -0.39 is 11.6 Å². The Morgan fingerprint density at radius 1 is 0.516 bits per heavy atom. The summed E-state index contributed by atoms with van der Waals surface area (Å²) in [6.07, 6.45) is 9.78. The van der Waals surface area contributed by atoms with E-state index >= 15 is 0 Å². The molecule has 0 saturated heterocycles. The van der Waals surface area contributed by atoms with Crippen molar-refractivity contribution in [2.75, 3.05) is 0 Å². The average molecular weight is 421 g/mol. The highest BCUT2D eigenvalue weighted by Crippen LogP contribution is 2.29. The van der Waals surface area contributed by atoms with Crippen LogP contribution in [0, 0.1) is 11.6 Å². The molecule has 0 heterocycles. The first-order valence-electron chi connectivity index (χ1n) is 11.8. The van der Waals surface area contributed by atoms with Gasteiger partial charge in [0.05, 0.1) is 0 Å². The van der Waals surface area contributed by atoms with Gasteiger partial charge in [-0.2, -0.15) is 0 Å². The molecule has 0 aliphatic carbocycles. The largest absolute Gasteiger partial charge is 0.203 e. The van der Waals surface area contributed by atoms with E-state index in [0.29, 0.717) is 23.1 Å². The summed E-state index contributed by atoms with van der Waals surface area (Å²) in [5, 5.41) is 0. The van der Waals surface area contributed by atoms with E-state index in [1.807, 2.05) is 24.3 Å². The fourth-order valence-corrected chi connectivity index (χ4v) is 4.03. The number of halogens is 2. The molecule has 164 valence electrons. The lowest BCUT2D eigenvalue weighted by Crippen LogP contribution is -1.97. The third-order valence-electron chi connectivity index (χ3n) is 6.01. The van der Waals surface area contributed by atoms with Crippen LogP contribution in [-0.2, 0) is 12.8 Å². The minimum Gasteiger partial charge on any atom is -0.203 e. The van der Waals surface area contributed by atoms with Gasteiger partial charge < -0.3 is 0 Å². The van der Waals surface area contributed by atoms with E-state index in [1.54, 1.807) is 12.1 Å². The maximum absolute atomic E-state index is 14.7. The van der Waals surface area contributed by atoms with Crippen molar-refractivity contribution in [2.24, 2.45) is 0 Å². The van der Waals surface area contributed by atoms with Gasteiger partial charge in [-0.3, -0.25) is 0 Å². The van der Waals surface area contributed by atoms with E-state index in [-0.39, 0.29) is 0 Å². The molecule has 0 bridgehead atoms. The Morgan fingerprint density at radius 2 is 1.06 bits per heavy atom. The molecule has 0 aliphatic heterocycles. The van der Waals surface area contributed by atoms with Crippen molar-refractivity contribution in [1.29, 1.82) is 0 Å². The first-order valence-corrected chi connectivity index (χ1v) is 11.8. The van der Waals surface area contributed by atoms with Gasteiger partial charge in [0.2, 0.25) is 0 Å². The predicted molar refractivity (Wildman–Crippen MR) is 128 cm³/mol. The molecular weight excluding hydrogens is 386 g/mol. The maximum Gasteiger partial charge on any atom is 0.166 e. The summed E-state index contributed by atoms with van der Waals surface area (Å²) >= 11 is 0. The van der Waals surface area contributed by atoms with Crippen LogP contribution < -0.4 is 0 Å². The summed E-state index contributed by atoms with van der Waals surface area (Å²) in [6, 6.07) is 19.9. The second-order valence-electron chi connectivity index (χ2n) is 8.44. The van der Waals surface area contributed by atoms with Crippen molar-refractivity contribution < 1.29 is 8.78 Å². The summed E-state index contributed by atoms with van der Waals surface area (Å²) in [5.41, 5.74) is 5.09. The Labute approximate surface area is 186 Å². The molecule has 0 N–H and O–H groups in total. The average Bonchev–Trinajstić information content (AvgIpc) is 2.80. The number of benzene rings is 3. The minimum atomic E-state index is -0.742. The fraction of sp³-hybridized carbons (Fsp3) is 0.379. The van der Waals surface area contributed by atoms with Crippen LogP contribution in [0.3, 0.4) is 0 Å². The van der Waals surface area contributed by atoms with Crippen molar-refractivity contribution in [3.63, 3.8) is 0 Å². The normalized spacial score (nSPS) is 11.1. The Bertz CT molecular complexity index is 940. The van der Waals surface area contributed by atoms with Crippen LogP contribution in [-0.4, -0.2) is 0 Å². The van der Waals surface area contributed by atoms with Crippen molar-refractivity contribution in [1.82, 2.24) is 0 Å². The van der Waals surface area contributed by atoms with Crippen LogP contribution in [0.4, 0.5) is 8.78 Å². The summed E-state index contributed by atoms with van der Waals surface area (Å²) in [7, 11) is 0. The van der Waals surface area contributed by atoms with Crippen LogP contribution in [0.1, 0.15) is 69.9 Å². The number of hydrogen-bond acceptors (Lipinski definition) is 0. The summed E-state index contributed by atoms with van der Waals surface area (Å²) in [5.74, 6) is -1.44. The van der Waals surface area contributed by atoms with Crippen LogP contribution in [0.15, 0.2) is 60.7 Å². The zero-order valence-electron chi connectivity index (χ0n) is 18.9. The number of rotatable bonds is 11. The molecule has 2 heteroatoms. The second kappa shape index (κ2) is 11.8. The zero-order valence-corrected chi connectivity index (χ0v) is 18.9. The van der Waals surface area contributed by atoms with E-state index in [1.165, 1.54) is 31.2 Å². The van der Waals surface area contributed by atoms with Gasteiger partial charge in [-0.25, -0.2) is 8.78 Å². The number of aryl methyl sites for hydroxylation is 2. The van der Waals surface area contributed by atoms with Crippen LogP contribution in [0.5, 0.6) is 0 Å². The first kappa shape index (κ1) is 23.2. The molecule has 0 atom stereocenters. The summed E-state index contributed by atoms with van der Waals surface area (Å²) in [6.45, 7) is 4.33. The lowest BCUT2D eigenvalue weighted by Gasteiger charge is -2.10. The third kappa shape index (κ3) is 6.26. The van der Waals surface area contributed by atoms with E-state index in [9.17, 15) is 8.78 Å². The van der Waals surface area contributed by atoms with Gasteiger partial charge >= 0.3 is 0 Å². The van der Waals surface area contributed by atoms with Gasteiger partial charge in [0, 0.05) is 5.56 Å². The molecular formula is C29H34F2. The Balaban J connectivity index is 1.69. The van der Waals surface area contributed by atoms with Crippen molar-refractivity contribution >= 4 is 0 Å². The molecule has 0 aliphatic rings. The molecule has 0 aromatic heterocycles. The van der Waals surface area contributed by atoms with Crippen molar-refractivity contribution in [2.45, 2.75) is 71.6 Å². The highest BCUT2D eigenvalue weighted by atomic mass is 19.2. The monoisotopic (exact) mass is 420 g/mol. The molecule has 3 aromatic carbocycles. The smallest absolute Gasteiger partial charge is 0.166 e. The van der Waals surface area contributed by atoms with Gasteiger partial charge in [0.1, 0.15) is 0 Å². The van der Waals surface area contributed by atoms with Crippen LogP contribution >= 0.6 is 0 Å². The molecule has 0 radical (unpaired) electrons. The Morgan fingerprint density at radius 3 is 1.71 bits per heavy atom. The standard InChI is InChI=1S/C29H34F2/c1-3-5-7-9-10-22-12-14-23(15-13-22)24-16-18-25(19-17-24)27-21-20-26(11-8-6-4-2)28(30)29(27)31/h12-21H,3-11H2,1-2H3. The van der Waals surface area contributed by atoms with Gasteiger partial charge in [0.15, 0.2) is 11.6 Å². The van der Waals surface area contributed by atoms with Crippen LogP contribution in [0.25, 0.3) is 22.3 Å².